The zero-order chi connectivity index (χ0) is 20.1. The fraction of sp³-hybridized carbons (Fsp3) is 0.542. The number of carbonyl (C=O) groups excluding carboxylic acids is 1. The molecule has 2 atom stereocenters. The van der Waals surface area contributed by atoms with Crippen LogP contribution < -0.4 is 5.73 Å². The lowest BCUT2D eigenvalue weighted by atomic mass is 9.85. The van der Waals surface area contributed by atoms with Crippen LogP contribution in [0.4, 0.5) is 0 Å². The van der Waals surface area contributed by atoms with Gasteiger partial charge in [0.15, 0.2) is 0 Å². The van der Waals surface area contributed by atoms with E-state index in [9.17, 15) is 4.79 Å². The van der Waals surface area contributed by atoms with Crippen molar-refractivity contribution in [3.8, 4) is 11.3 Å². The Morgan fingerprint density at radius 3 is 2.41 bits per heavy atom. The number of aromatic nitrogens is 2. The fourth-order valence-corrected chi connectivity index (χ4v) is 4.75. The third-order valence-corrected chi connectivity index (χ3v) is 6.55. The van der Waals surface area contributed by atoms with Gasteiger partial charge in [-0.3, -0.25) is 4.79 Å². The molecule has 0 bridgehead atoms. The van der Waals surface area contributed by atoms with E-state index in [1.807, 2.05) is 35.4 Å². The summed E-state index contributed by atoms with van der Waals surface area (Å²) in [4.78, 5) is 24.5. The number of benzene rings is 1. The van der Waals surface area contributed by atoms with Gasteiger partial charge in [0.1, 0.15) is 5.82 Å². The molecule has 0 spiro atoms. The van der Waals surface area contributed by atoms with Gasteiger partial charge in [0.05, 0.1) is 11.6 Å². The molecule has 2 unspecified atom stereocenters. The molecule has 1 saturated heterocycles. The molecule has 0 radical (unpaired) electrons. The molecule has 1 aromatic carbocycles. The molecule has 2 N–H and O–H groups in total. The van der Waals surface area contributed by atoms with Crippen LogP contribution in [0, 0.1) is 5.92 Å². The van der Waals surface area contributed by atoms with Gasteiger partial charge < -0.3 is 10.6 Å². The average Bonchev–Trinajstić information content (AvgIpc) is 2.77. The smallest absolute Gasteiger partial charge is 0.227 e. The molecule has 1 aromatic heterocycles. The first kappa shape index (κ1) is 20.0. The lowest BCUT2D eigenvalue weighted by Crippen LogP contribution is -2.47. The van der Waals surface area contributed by atoms with E-state index in [-0.39, 0.29) is 17.9 Å². The Labute approximate surface area is 173 Å². The van der Waals surface area contributed by atoms with Crippen LogP contribution >= 0.6 is 0 Å². The molecular formula is C24H32N4O. The normalized spacial score (nSPS) is 24.0. The van der Waals surface area contributed by atoms with Crippen molar-refractivity contribution >= 4 is 5.91 Å². The maximum absolute atomic E-state index is 13.1. The van der Waals surface area contributed by atoms with E-state index in [2.05, 4.69) is 17.1 Å². The van der Waals surface area contributed by atoms with Gasteiger partial charge in [0, 0.05) is 36.8 Å². The molecule has 4 rings (SSSR count). The van der Waals surface area contributed by atoms with Crippen LogP contribution in [0.1, 0.15) is 63.1 Å². The van der Waals surface area contributed by atoms with Gasteiger partial charge >= 0.3 is 0 Å². The zero-order valence-corrected chi connectivity index (χ0v) is 17.2. The van der Waals surface area contributed by atoms with Crippen molar-refractivity contribution in [2.45, 2.75) is 63.3 Å². The molecule has 154 valence electrons. The molecular weight excluding hydrogens is 360 g/mol. The van der Waals surface area contributed by atoms with Crippen LogP contribution in [0.2, 0.25) is 0 Å². The third-order valence-electron chi connectivity index (χ3n) is 6.55. The van der Waals surface area contributed by atoms with E-state index in [1.54, 1.807) is 0 Å². The quantitative estimate of drug-likeness (QED) is 0.852. The Morgan fingerprint density at radius 2 is 1.66 bits per heavy atom. The minimum Gasteiger partial charge on any atom is -0.342 e. The van der Waals surface area contributed by atoms with Gasteiger partial charge in [-0.1, -0.05) is 56.0 Å². The number of piperidine rings is 1. The van der Waals surface area contributed by atoms with Crippen LogP contribution in [-0.4, -0.2) is 39.9 Å². The summed E-state index contributed by atoms with van der Waals surface area (Å²) in [6, 6.07) is 12.2. The zero-order valence-electron chi connectivity index (χ0n) is 17.2. The number of likely N-dealkylation sites (tertiary alicyclic amines) is 1. The number of hydrogen-bond acceptors (Lipinski definition) is 4. The molecule has 2 heterocycles. The number of nitrogens with two attached hydrogens (primary N) is 1. The van der Waals surface area contributed by atoms with Crippen molar-refractivity contribution in [2.24, 2.45) is 11.7 Å². The number of carbonyl (C=O) groups is 1. The second-order valence-corrected chi connectivity index (χ2v) is 8.53. The van der Waals surface area contributed by atoms with Crippen molar-refractivity contribution in [1.29, 1.82) is 0 Å². The monoisotopic (exact) mass is 392 g/mol. The molecule has 2 aliphatic rings. The summed E-state index contributed by atoms with van der Waals surface area (Å²) in [6.07, 6.45) is 10.4. The van der Waals surface area contributed by atoms with Crippen molar-refractivity contribution < 1.29 is 4.79 Å². The van der Waals surface area contributed by atoms with Gasteiger partial charge in [0.2, 0.25) is 5.91 Å². The molecule has 2 aromatic rings. The van der Waals surface area contributed by atoms with E-state index < -0.39 is 0 Å². The Bertz CT molecular complexity index is 802. The molecule has 1 amide bonds. The summed E-state index contributed by atoms with van der Waals surface area (Å²) in [7, 11) is 0. The van der Waals surface area contributed by atoms with Gasteiger partial charge in [-0.05, 0) is 31.7 Å². The van der Waals surface area contributed by atoms with E-state index in [0.29, 0.717) is 5.92 Å². The predicted molar refractivity (Wildman–Crippen MR) is 115 cm³/mol. The predicted octanol–water partition coefficient (Wildman–Crippen LogP) is 4.15. The summed E-state index contributed by atoms with van der Waals surface area (Å²) in [5.74, 6) is 1.50. The number of nitrogens with zero attached hydrogens (tertiary/aromatic N) is 3. The van der Waals surface area contributed by atoms with E-state index in [1.165, 1.54) is 12.8 Å². The lowest BCUT2D eigenvalue weighted by Gasteiger charge is -2.36. The maximum Gasteiger partial charge on any atom is 0.227 e. The Balaban J connectivity index is 1.38. The highest BCUT2D eigenvalue weighted by Gasteiger charge is 2.33. The minimum absolute atomic E-state index is 0.00417. The van der Waals surface area contributed by atoms with Gasteiger partial charge in [-0.15, -0.1) is 0 Å². The number of amides is 1. The van der Waals surface area contributed by atoms with Gasteiger partial charge in [-0.25, -0.2) is 9.97 Å². The van der Waals surface area contributed by atoms with Gasteiger partial charge in [0.25, 0.3) is 0 Å². The number of hydrogen-bond donors (Lipinski definition) is 1. The highest BCUT2D eigenvalue weighted by molar-refractivity contribution is 5.79. The van der Waals surface area contributed by atoms with Crippen LogP contribution in [0.5, 0.6) is 0 Å². The van der Waals surface area contributed by atoms with Crippen LogP contribution in [0.25, 0.3) is 11.3 Å². The molecule has 29 heavy (non-hydrogen) atoms. The summed E-state index contributed by atoms with van der Waals surface area (Å²) < 4.78 is 0. The van der Waals surface area contributed by atoms with E-state index in [4.69, 9.17) is 10.7 Å². The Morgan fingerprint density at radius 1 is 0.931 bits per heavy atom. The highest BCUT2D eigenvalue weighted by Crippen LogP contribution is 2.30. The molecule has 1 saturated carbocycles. The first-order valence-corrected chi connectivity index (χ1v) is 11.1. The van der Waals surface area contributed by atoms with E-state index in [0.717, 1.165) is 68.7 Å². The van der Waals surface area contributed by atoms with Crippen LogP contribution in [0.3, 0.4) is 0 Å². The molecule has 1 aliphatic heterocycles. The van der Waals surface area contributed by atoms with E-state index >= 15 is 0 Å². The second-order valence-electron chi connectivity index (χ2n) is 8.53. The SMILES string of the molecule is NC1CCCCCCC1C(=O)N1CCC(c2nccc(-c3ccccc3)n2)CC1. The van der Waals surface area contributed by atoms with Gasteiger partial charge in [-0.2, -0.15) is 0 Å². The summed E-state index contributed by atoms with van der Waals surface area (Å²) in [5.41, 5.74) is 8.46. The first-order chi connectivity index (χ1) is 14.2. The minimum atomic E-state index is 0.00417. The van der Waals surface area contributed by atoms with Crippen molar-refractivity contribution in [3.05, 3.63) is 48.4 Å². The summed E-state index contributed by atoms with van der Waals surface area (Å²) in [5, 5.41) is 0. The summed E-state index contributed by atoms with van der Waals surface area (Å²) in [6.45, 7) is 1.57. The highest BCUT2D eigenvalue weighted by atomic mass is 16.2. The Hall–Kier alpha value is -2.27. The first-order valence-electron chi connectivity index (χ1n) is 11.1. The molecule has 5 heteroatoms. The number of rotatable bonds is 3. The largest absolute Gasteiger partial charge is 0.342 e. The third kappa shape index (κ3) is 4.84. The standard InChI is InChI=1S/C24H32N4O/c25-21-11-7-2-1-6-10-20(21)24(29)28-16-13-19(14-17-28)23-26-15-12-22(27-23)18-8-4-3-5-9-18/h3-5,8-9,12,15,19-21H,1-2,6-7,10-11,13-14,16-17,25H2. The Kier molecular flexibility index (Phi) is 6.55. The van der Waals surface area contributed by atoms with Crippen molar-refractivity contribution in [3.63, 3.8) is 0 Å². The molecule has 5 nitrogen and oxygen atoms in total. The van der Waals surface area contributed by atoms with Crippen molar-refractivity contribution in [2.75, 3.05) is 13.1 Å². The molecule has 1 aliphatic carbocycles. The fourth-order valence-electron chi connectivity index (χ4n) is 4.75. The topological polar surface area (TPSA) is 72.1 Å². The van der Waals surface area contributed by atoms with Crippen LogP contribution in [0.15, 0.2) is 42.6 Å². The molecule has 2 fully saturated rings. The second kappa shape index (κ2) is 9.49. The summed E-state index contributed by atoms with van der Waals surface area (Å²) >= 11 is 0. The lowest BCUT2D eigenvalue weighted by molar-refractivity contribution is -0.137. The maximum atomic E-state index is 13.1. The van der Waals surface area contributed by atoms with Crippen LogP contribution in [-0.2, 0) is 4.79 Å². The van der Waals surface area contributed by atoms with Crippen molar-refractivity contribution in [1.82, 2.24) is 14.9 Å². The average molecular weight is 393 g/mol.